The number of nitriles is 1. The van der Waals surface area contributed by atoms with Gasteiger partial charge in [0, 0.05) is 51.5 Å². The van der Waals surface area contributed by atoms with Crippen LogP contribution in [0.3, 0.4) is 0 Å². The molecule has 10 nitrogen and oxygen atoms in total. The van der Waals surface area contributed by atoms with E-state index in [4.69, 9.17) is 5.26 Å². The van der Waals surface area contributed by atoms with Crippen LogP contribution >= 0.6 is 0 Å². The van der Waals surface area contributed by atoms with Crippen LogP contribution in [0.2, 0.25) is 0 Å². The molecule has 41 heavy (non-hydrogen) atoms. The molecule has 0 unspecified atom stereocenters. The van der Waals surface area contributed by atoms with Gasteiger partial charge < -0.3 is 4.98 Å². The molecular formula is C30H34N6O4S. The number of aromatic amines is 1. The van der Waals surface area contributed by atoms with E-state index in [0.29, 0.717) is 74.5 Å². The highest BCUT2D eigenvalue weighted by Gasteiger charge is 2.28. The van der Waals surface area contributed by atoms with Crippen molar-refractivity contribution < 1.29 is 8.42 Å². The van der Waals surface area contributed by atoms with Gasteiger partial charge in [0.25, 0.3) is 5.56 Å². The van der Waals surface area contributed by atoms with Crippen molar-refractivity contribution in [2.75, 3.05) is 26.2 Å². The number of nitrogens with one attached hydrogen (secondary N) is 1. The van der Waals surface area contributed by atoms with Crippen LogP contribution in [0.15, 0.2) is 69.1 Å². The summed E-state index contributed by atoms with van der Waals surface area (Å²) < 4.78 is 31.2. The highest BCUT2D eigenvalue weighted by Crippen LogP contribution is 2.25. The van der Waals surface area contributed by atoms with Gasteiger partial charge in [0.2, 0.25) is 10.0 Å². The fourth-order valence-corrected chi connectivity index (χ4v) is 6.75. The Labute approximate surface area is 239 Å². The van der Waals surface area contributed by atoms with E-state index in [1.165, 1.54) is 8.87 Å². The Hall–Kier alpha value is -3.98. The number of nitrogens with zero attached hydrogens (tertiary/aromatic N) is 5. The average Bonchev–Trinajstić information content (AvgIpc) is 3.44. The number of hydrogen-bond donors (Lipinski definition) is 1. The SMILES string of the molecule is CCCn1c(=O)c2[nH]c(-c3ccc(S(=O)(=O)N4CCN(Cc5ccc(C#N)cc5)CC4)cc3)cc2n(CCC)c1=O. The van der Waals surface area contributed by atoms with E-state index in [2.05, 4.69) is 16.0 Å². The smallest absolute Gasteiger partial charge is 0.331 e. The first-order chi connectivity index (χ1) is 19.8. The first-order valence-corrected chi connectivity index (χ1v) is 15.4. The molecule has 1 N–H and O–H groups in total. The van der Waals surface area contributed by atoms with Crippen LogP contribution in [0.25, 0.3) is 22.3 Å². The highest BCUT2D eigenvalue weighted by molar-refractivity contribution is 7.89. The molecule has 0 spiro atoms. The van der Waals surface area contributed by atoms with Crippen LogP contribution in [0.5, 0.6) is 0 Å². The maximum atomic E-state index is 13.4. The zero-order chi connectivity index (χ0) is 29.1. The quantitative estimate of drug-likeness (QED) is 0.327. The van der Waals surface area contributed by atoms with Crippen molar-refractivity contribution >= 4 is 21.1 Å². The zero-order valence-electron chi connectivity index (χ0n) is 23.3. The number of hydrogen-bond acceptors (Lipinski definition) is 6. The summed E-state index contributed by atoms with van der Waals surface area (Å²) in [7, 11) is -3.67. The van der Waals surface area contributed by atoms with Crippen molar-refractivity contribution in [3.63, 3.8) is 0 Å². The van der Waals surface area contributed by atoms with Crippen LogP contribution in [0, 0.1) is 11.3 Å². The number of rotatable bonds is 9. The van der Waals surface area contributed by atoms with Crippen LogP contribution < -0.4 is 11.2 Å². The van der Waals surface area contributed by atoms with Gasteiger partial charge in [-0.1, -0.05) is 38.1 Å². The van der Waals surface area contributed by atoms with E-state index >= 15 is 0 Å². The van der Waals surface area contributed by atoms with Gasteiger partial charge in [-0.25, -0.2) is 13.2 Å². The highest BCUT2D eigenvalue weighted by atomic mass is 32.2. The summed E-state index contributed by atoms with van der Waals surface area (Å²) in [6.45, 7) is 7.46. The standard InChI is InChI=1S/C30H34N6O4S/c1-3-13-35-27-19-26(32-28(27)29(37)36(14-4-2)30(35)38)24-9-11-25(12-10-24)41(39,40)34-17-15-33(16-18-34)21-23-7-5-22(20-31)6-8-23/h5-12,19,32H,3-4,13-18,21H2,1-2H3. The molecular weight excluding hydrogens is 540 g/mol. The van der Waals surface area contributed by atoms with Crippen molar-refractivity contribution in [1.29, 1.82) is 5.26 Å². The molecule has 1 aliphatic rings. The van der Waals surface area contributed by atoms with Crippen LogP contribution in [0.1, 0.15) is 37.8 Å². The topological polar surface area (TPSA) is 124 Å². The lowest BCUT2D eigenvalue weighted by Crippen LogP contribution is -2.48. The minimum Gasteiger partial charge on any atom is -0.349 e. The summed E-state index contributed by atoms with van der Waals surface area (Å²) in [4.78, 5) is 31.7. The molecule has 0 amide bonds. The van der Waals surface area contributed by atoms with Crippen molar-refractivity contribution in [3.8, 4) is 17.3 Å². The summed E-state index contributed by atoms with van der Waals surface area (Å²) in [5.41, 5.74) is 3.35. The summed E-state index contributed by atoms with van der Waals surface area (Å²) in [5, 5.41) is 8.98. The minimum atomic E-state index is -3.67. The third-order valence-corrected chi connectivity index (χ3v) is 9.44. The molecule has 4 aromatic rings. The number of aromatic nitrogens is 3. The number of benzene rings is 2. The summed E-state index contributed by atoms with van der Waals surface area (Å²) in [5.74, 6) is 0. The van der Waals surface area contributed by atoms with Gasteiger partial charge in [-0.05, 0) is 54.3 Å². The Bertz CT molecular complexity index is 1800. The summed E-state index contributed by atoms with van der Waals surface area (Å²) >= 11 is 0. The molecule has 1 fully saturated rings. The van der Waals surface area contributed by atoms with Gasteiger partial charge >= 0.3 is 5.69 Å². The first-order valence-electron chi connectivity index (χ1n) is 13.9. The Morgan fingerprint density at radius 1 is 0.878 bits per heavy atom. The molecule has 1 saturated heterocycles. The molecule has 2 aromatic carbocycles. The van der Waals surface area contributed by atoms with Gasteiger partial charge in [-0.15, -0.1) is 0 Å². The number of piperazine rings is 1. The molecule has 214 valence electrons. The number of aryl methyl sites for hydroxylation is 1. The predicted molar refractivity (Wildman–Crippen MR) is 158 cm³/mol. The molecule has 1 aliphatic heterocycles. The third kappa shape index (κ3) is 5.63. The lowest BCUT2D eigenvalue weighted by Gasteiger charge is -2.34. The van der Waals surface area contributed by atoms with Gasteiger partial charge in [-0.2, -0.15) is 9.57 Å². The number of H-pyrrole nitrogens is 1. The molecule has 0 saturated carbocycles. The average molecular weight is 575 g/mol. The molecule has 5 rings (SSSR count). The van der Waals surface area contributed by atoms with Gasteiger partial charge in [0.05, 0.1) is 22.0 Å². The van der Waals surface area contributed by atoms with Gasteiger partial charge in [0.1, 0.15) is 5.52 Å². The molecule has 11 heteroatoms. The largest absolute Gasteiger partial charge is 0.349 e. The van der Waals surface area contributed by atoms with Crippen LogP contribution in [-0.4, -0.2) is 57.9 Å². The predicted octanol–water partition coefficient (Wildman–Crippen LogP) is 3.36. The first kappa shape index (κ1) is 28.5. The fraction of sp³-hybridized carbons (Fsp3) is 0.367. The molecule has 2 aromatic heterocycles. The summed E-state index contributed by atoms with van der Waals surface area (Å²) in [6.07, 6.45) is 1.42. The van der Waals surface area contributed by atoms with Crippen LogP contribution in [-0.2, 0) is 29.7 Å². The number of sulfonamides is 1. The van der Waals surface area contributed by atoms with E-state index in [1.54, 1.807) is 47.0 Å². The Kier molecular flexibility index (Phi) is 8.26. The van der Waals surface area contributed by atoms with E-state index < -0.39 is 10.0 Å². The maximum absolute atomic E-state index is 13.4. The Morgan fingerprint density at radius 2 is 1.51 bits per heavy atom. The van der Waals surface area contributed by atoms with Crippen molar-refractivity contribution in [2.45, 2.75) is 51.2 Å². The second kappa shape index (κ2) is 11.9. The van der Waals surface area contributed by atoms with Crippen LogP contribution in [0.4, 0.5) is 0 Å². The lowest BCUT2D eigenvalue weighted by molar-refractivity contribution is 0.181. The van der Waals surface area contributed by atoms with E-state index in [-0.39, 0.29) is 16.1 Å². The summed E-state index contributed by atoms with van der Waals surface area (Å²) in [6, 6.07) is 18.0. The fourth-order valence-electron chi connectivity index (χ4n) is 5.33. The zero-order valence-corrected chi connectivity index (χ0v) is 24.2. The monoisotopic (exact) mass is 574 g/mol. The second-order valence-electron chi connectivity index (χ2n) is 10.3. The molecule has 0 atom stereocenters. The van der Waals surface area contributed by atoms with Gasteiger partial charge in [-0.3, -0.25) is 18.8 Å². The van der Waals surface area contributed by atoms with Crippen molar-refractivity contribution in [1.82, 2.24) is 23.3 Å². The lowest BCUT2D eigenvalue weighted by atomic mass is 10.1. The number of fused-ring (bicyclic) bond motifs is 1. The van der Waals surface area contributed by atoms with Crippen molar-refractivity contribution in [2.24, 2.45) is 0 Å². The minimum absolute atomic E-state index is 0.214. The Balaban J connectivity index is 1.33. The molecule has 0 aliphatic carbocycles. The van der Waals surface area contributed by atoms with E-state index in [9.17, 15) is 18.0 Å². The normalized spacial score (nSPS) is 14.9. The van der Waals surface area contributed by atoms with E-state index in [0.717, 1.165) is 17.5 Å². The van der Waals surface area contributed by atoms with Gasteiger partial charge in [0.15, 0.2) is 0 Å². The second-order valence-corrected chi connectivity index (χ2v) is 12.3. The molecule has 3 heterocycles. The Morgan fingerprint density at radius 3 is 2.12 bits per heavy atom. The third-order valence-electron chi connectivity index (χ3n) is 7.53. The van der Waals surface area contributed by atoms with Crippen molar-refractivity contribution in [3.05, 3.63) is 86.6 Å². The molecule has 0 bridgehead atoms. The van der Waals surface area contributed by atoms with E-state index in [1.807, 2.05) is 26.0 Å². The maximum Gasteiger partial charge on any atom is 0.331 e. The molecule has 0 radical (unpaired) electrons.